The molecule has 2 aromatic heterocycles. The van der Waals surface area contributed by atoms with Crippen LogP contribution in [0.5, 0.6) is 0 Å². The molecule has 0 spiro atoms. The molecule has 1 aromatic carbocycles. The molecule has 6 N–H and O–H groups in total. The van der Waals surface area contributed by atoms with E-state index >= 15 is 0 Å². The van der Waals surface area contributed by atoms with E-state index in [2.05, 4.69) is 0 Å². The minimum absolute atomic E-state index is 0.0425. The van der Waals surface area contributed by atoms with Crippen LogP contribution >= 0.6 is 34.4 Å². The number of hydrogen-bond acceptors (Lipinski definition) is 6. The van der Waals surface area contributed by atoms with E-state index in [1.165, 1.54) is 11.3 Å². The Kier molecular flexibility index (Phi) is 4.70. The second-order valence-electron chi connectivity index (χ2n) is 4.96. The average Bonchev–Trinajstić information content (AvgIpc) is 3.21. The van der Waals surface area contributed by atoms with Gasteiger partial charge in [0.05, 0.1) is 14.8 Å². The fourth-order valence-electron chi connectivity index (χ4n) is 2.18. The average molecular weight is 374 g/mol. The highest BCUT2D eigenvalue weighted by Crippen LogP contribution is 2.40. The van der Waals surface area contributed by atoms with Gasteiger partial charge in [-0.2, -0.15) is 0 Å². The number of thiazole rings is 1. The van der Waals surface area contributed by atoms with Crippen molar-refractivity contribution >= 4 is 46.1 Å². The number of nitrogens with two attached hydrogens (primary N) is 2. The Hall–Kier alpha value is -2.16. The van der Waals surface area contributed by atoms with Gasteiger partial charge in [0.1, 0.15) is 16.7 Å². The number of thiophene rings is 1. The van der Waals surface area contributed by atoms with Crippen molar-refractivity contribution < 1.29 is 0 Å². The van der Waals surface area contributed by atoms with Gasteiger partial charge in [-0.1, -0.05) is 18.2 Å². The fraction of sp³-hybridized carbons (Fsp3) is 0.0625. The smallest absolute Gasteiger partial charge is 0.133 e. The van der Waals surface area contributed by atoms with Crippen molar-refractivity contribution in [3.8, 4) is 21.8 Å². The topological polar surface area (TPSA) is 113 Å². The Morgan fingerprint density at radius 2 is 1.96 bits per heavy atom. The number of amidine groups is 2. The first-order valence-electron chi connectivity index (χ1n) is 6.92. The SMILES string of the molecule is CSc1sc(C(=N)N)cc1-c1nc(-c2cccc(C(=N)N)c2)cs1. The Morgan fingerprint density at radius 1 is 1.17 bits per heavy atom. The van der Waals surface area contributed by atoms with E-state index in [1.807, 2.05) is 42.0 Å². The van der Waals surface area contributed by atoms with Gasteiger partial charge in [-0.3, -0.25) is 10.8 Å². The molecule has 0 fully saturated rings. The first kappa shape index (κ1) is 16.7. The number of rotatable bonds is 5. The Morgan fingerprint density at radius 3 is 2.62 bits per heavy atom. The Balaban J connectivity index is 2.01. The third kappa shape index (κ3) is 3.21. The normalized spacial score (nSPS) is 10.7. The van der Waals surface area contributed by atoms with E-state index in [-0.39, 0.29) is 11.7 Å². The van der Waals surface area contributed by atoms with Crippen molar-refractivity contribution in [3.63, 3.8) is 0 Å². The molecule has 0 bridgehead atoms. The Labute approximate surface area is 151 Å². The van der Waals surface area contributed by atoms with Gasteiger partial charge >= 0.3 is 0 Å². The van der Waals surface area contributed by atoms with Crippen molar-refractivity contribution in [2.24, 2.45) is 11.5 Å². The molecule has 0 radical (unpaired) electrons. The van der Waals surface area contributed by atoms with Gasteiger partial charge in [-0.05, 0) is 18.4 Å². The number of nitrogens with one attached hydrogen (secondary N) is 2. The molecule has 0 unspecified atom stereocenters. The molecular weight excluding hydrogens is 358 g/mol. The van der Waals surface area contributed by atoms with E-state index in [0.29, 0.717) is 5.56 Å². The molecule has 5 nitrogen and oxygen atoms in total. The number of nitrogen functional groups attached to an aromatic ring is 2. The maximum absolute atomic E-state index is 7.62. The van der Waals surface area contributed by atoms with Gasteiger partial charge in [0, 0.05) is 22.1 Å². The van der Waals surface area contributed by atoms with E-state index in [9.17, 15) is 0 Å². The van der Waals surface area contributed by atoms with Crippen molar-refractivity contribution in [1.29, 1.82) is 10.8 Å². The molecule has 0 aliphatic carbocycles. The quantitative estimate of drug-likeness (QED) is 0.309. The van der Waals surface area contributed by atoms with Crippen LogP contribution in [0, 0.1) is 10.8 Å². The molecule has 0 aliphatic heterocycles. The summed E-state index contributed by atoms with van der Waals surface area (Å²) < 4.78 is 1.10. The maximum Gasteiger partial charge on any atom is 0.133 e. The van der Waals surface area contributed by atoms with Gasteiger partial charge in [0.2, 0.25) is 0 Å². The van der Waals surface area contributed by atoms with Crippen molar-refractivity contribution in [2.75, 3.05) is 6.26 Å². The summed E-state index contributed by atoms with van der Waals surface area (Å²) in [5.74, 6) is 0.119. The van der Waals surface area contributed by atoms with Gasteiger partial charge in [0.15, 0.2) is 0 Å². The lowest BCUT2D eigenvalue weighted by atomic mass is 10.1. The highest BCUT2D eigenvalue weighted by atomic mass is 32.2. The van der Waals surface area contributed by atoms with Gasteiger partial charge in [-0.15, -0.1) is 34.4 Å². The molecule has 3 rings (SSSR count). The molecular formula is C16H15N5S3. The zero-order chi connectivity index (χ0) is 17.3. The lowest BCUT2D eigenvalue weighted by molar-refractivity contribution is 1.38. The molecule has 24 heavy (non-hydrogen) atoms. The van der Waals surface area contributed by atoms with Crippen LogP contribution < -0.4 is 11.5 Å². The van der Waals surface area contributed by atoms with Crippen LogP contribution in [0.4, 0.5) is 0 Å². The van der Waals surface area contributed by atoms with Gasteiger partial charge < -0.3 is 11.5 Å². The minimum atomic E-state index is 0.0425. The highest BCUT2D eigenvalue weighted by molar-refractivity contribution is 8.00. The molecule has 0 atom stereocenters. The first-order chi connectivity index (χ1) is 11.5. The second kappa shape index (κ2) is 6.76. The van der Waals surface area contributed by atoms with E-state index in [1.54, 1.807) is 23.1 Å². The second-order valence-corrected chi connectivity index (χ2v) is 7.95. The highest BCUT2D eigenvalue weighted by Gasteiger charge is 2.16. The molecule has 122 valence electrons. The third-order valence-electron chi connectivity index (χ3n) is 3.35. The van der Waals surface area contributed by atoms with Gasteiger partial charge in [0.25, 0.3) is 0 Å². The van der Waals surface area contributed by atoms with Crippen molar-refractivity contribution in [3.05, 3.63) is 46.2 Å². The summed E-state index contributed by atoms with van der Waals surface area (Å²) in [7, 11) is 0. The molecule has 3 aromatic rings. The first-order valence-corrected chi connectivity index (χ1v) is 9.84. The maximum atomic E-state index is 7.62. The van der Waals surface area contributed by atoms with Crippen LogP contribution in [-0.4, -0.2) is 22.9 Å². The summed E-state index contributed by atoms with van der Waals surface area (Å²) in [6.07, 6.45) is 2.00. The van der Waals surface area contributed by atoms with Crippen LogP contribution in [-0.2, 0) is 0 Å². The lowest BCUT2D eigenvalue weighted by Crippen LogP contribution is -2.10. The predicted molar refractivity (Wildman–Crippen MR) is 105 cm³/mol. The largest absolute Gasteiger partial charge is 0.384 e. The van der Waals surface area contributed by atoms with Crippen molar-refractivity contribution in [1.82, 2.24) is 4.98 Å². The minimum Gasteiger partial charge on any atom is -0.384 e. The molecule has 0 aliphatic rings. The monoisotopic (exact) mass is 373 g/mol. The number of hydrogen-bond donors (Lipinski definition) is 4. The van der Waals surface area contributed by atoms with Gasteiger partial charge in [-0.25, -0.2) is 4.98 Å². The molecule has 0 amide bonds. The van der Waals surface area contributed by atoms with Crippen LogP contribution in [0.2, 0.25) is 0 Å². The number of nitrogens with zero attached hydrogens (tertiary/aromatic N) is 1. The van der Waals surface area contributed by atoms with Crippen molar-refractivity contribution in [2.45, 2.75) is 4.21 Å². The Bertz CT molecular complexity index is 925. The predicted octanol–water partition coefficient (Wildman–Crippen LogP) is 3.83. The summed E-state index contributed by atoms with van der Waals surface area (Å²) in [4.78, 5) is 5.48. The number of benzene rings is 1. The summed E-state index contributed by atoms with van der Waals surface area (Å²) in [5.41, 5.74) is 14.6. The summed E-state index contributed by atoms with van der Waals surface area (Å²) in [5, 5.41) is 18.1. The summed E-state index contributed by atoms with van der Waals surface area (Å²) in [6, 6.07) is 9.42. The van der Waals surface area contributed by atoms with Crippen LogP contribution in [0.1, 0.15) is 10.4 Å². The zero-order valence-electron chi connectivity index (χ0n) is 12.8. The van der Waals surface area contributed by atoms with E-state index in [4.69, 9.17) is 27.3 Å². The fourth-order valence-corrected chi connectivity index (χ4v) is 4.89. The standard InChI is InChI=1S/C16H15N5S3/c1-22-16-10(6-12(24-16)14(19)20)15-21-11(7-23-15)8-3-2-4-9(5-8)13(17)18/h2-7H,1H3,(H3,17,18)(H3,19,20). The van der Waals surface area contributed by atoms with E-state index < -0.39 is 0 Å². The van der Waals surface area contributed by atoms with Crippen LogP contribution in [0.3, 0.4) is 0 Å². The van der Waals surface area contributed by atoms with Crippen LogP contribution in [0.15, 0.2) is 39.9 Å². The number of thioether (sulfide) groups is 1. The summed E-state index contributed by atoms with van der Waals surface area (Å²) >= 11 is 4.69. The molecule has 2 heterocycles. The third-order valence-corrected chi connectivity index (χ3v) is 6.53. The number of aromatic nitrogens is 1. The van der Waals surface area contributed by atoms with E-state index in [0.717, 1.165) is 30.9 Å². The zero-order valence-corrected chi connectivity index (χ0v) is 15.2. The molecule has 0 saturated carbocycles. The summed E-state index contributed by atoms with van der Waals surface area (Å²) in [6.45, 7) is 0. The molecule has 0 saturated heterocycles. The molecule has 8 heteroatoms. The lowest BCUT2D eigenvalue weighted by Gasteiger charge is -2.01. The van der Waals surface area contributed by atoms with Crippen LogP contribution in [0.25, 0.3) is 21.8 Å².